The van der Waals surface area contributed by atoms with E-state index in [-0.39, 0.29) is 18.4 Å². The fraction of sp³-hybridized carbons (Fsp3) is 0.444. The third-order valence-electron chi connectivity index (χ3n) is 7.03. The Kier molecular flexibility index (Phi) is 7.10. The molecule has 0 saturated heterocycles. The van der Waals surface area contributed by atoms with E-state index in [1.807, 2.05) is 53.1 Å². The zero-order valence-electron chi connectivity index (χ0n) is 20.6. The molecule has 2 aromatic carbocycles. The molecular formula is C27H34ClN3O3. The lowest BCUT2D eigenvalue weighted by atomic mass is 10.1. The number of fused-ring (bicyclic) bond motifs is 2. The number of esters is 1. The zero-order valence-corrected chi connectivity index (χ0v) is 21.4. The second kappa shape index (κ2) is 9.88. The van der Waals surface area contributed by atoms with Gasteiger partial charge in [0.1, 0.15) is 0 Å². The molecule has 4 rings (SSSR count). The summed E-state index contributed by atoms with van der Waals surface area (Å²) in [4.78, 5) is 16.3. The Morgan fingerprint density at radius 2 is 1.85 bits per heavy atom. The van der Waals surface area contributed by atoms with E-state index in [4.69, 9.17) is 16.3 Å². The number of aromatic nitrogens is 1. The molecule has 0 saturated carbocycles. The maximum Gasteiger partial charge on any atom is 0.307 e. The highest BCUT2D eigenvalue weighted by Gasteiger charge is 2.39. The molecule has 1 aliphatic rings. The number of hydrogen-bond donors (Lipinski definition) is 1. The third kappa shape index (κ3) is 4.14. The number of carbonyl (C=O) groups excluding carboxylic acids is 1. The molecule has 6 nitrogen and oxygen atoms in total. The maximum absolute atomic E-state index is 12.4. The van der Waals surface area contributed by atoms with Crippen molar-refractivity contribution in [2.75, 3.05) is 16.4 Å². The van der Waals surface area contributed by atoms with Crippen LogP contribution >= 0.6 is 11.6 Å². The summed E-state index contributed by atoms with van der Waals surface area (Å²) in [6, 6.07) is 11.8. The monoisotopic (exact) mass is 483 g/mol. The summed E-state index contributed by atoms with van der Waals surface area (Å²) in [6.07, 6.45) is 1.02. The summed E-state index contributed by atoms with van der Waals surface area (Å²) in [7, 11) is 2.06. The Bertz CT molecular complexity index is 1210. The van der Waals surface area contributed by atoms with Gasteiger partial charge in [-0.2, -0.15) is 0 Å². The molecule has 34 heavy (non-hydrogen) atoms. The minimum atomic E-state index is -0.892. The Hall–Kier alpha value is -2.70. The van der Waals surface area contributed by atoms with Crippen LogP contribution in [0.25, 0.3) is 10.9 Å². The lowest BCUT2D eigenvalue weighted by Gasteiger charge is -2.34. The van der Waals surface area contributed by atoms with Gasteiger partial charge in [-0.25, -0.2) is 0 Å². The first-order chi connectivity index (χ1) is 16.3. The predicted octanol–water partition coefficient (Wildman–Crippen LogP) is 5.67. The van der Waals surface area contributed by atoms with Crippen LogP contribution in [0.2, 0.25) is 5.02 Å². The van der Waals surface area contributed by atoms with Crippen LogP contribution in [-0.2, 0) is 23.1 Å². The highest BCUT2D eigenvalue weighted by Crippen LogP contribution is 2.43. The topological polar surface area (TPSA) is 57.9 Å². The molecule has 0 aliphatic carbocycles. The smallest absolute Gasteiger partial charge is 0.307 e. The molecule has 2 atom stereocenters. The normalized spacial score (nSPS) is 16.3. The van der Waals surface area contributed by atoms with Gasteiger partial charge in [0.15, 0.2) is 0 Å². The van der Waals surface area contributed by atoms with Crippen LogP contribution in [0, 0.1) is 13.8 Å². The number of para-hydroxylation sites is 2. The fourth-order valence-electron chi connectivity index (χ4n) is 5.22. The van der Waals surface area contributed by atoms with Crippen molar-refractivity contribution in [2.45, 2.75) is 65.9 Å². The molecule has 0 spiro atoms. The van der Waals surface area contributed by atoms with Crippen LogP contribution in [0.3, 0.4) is 0 Å². The number of aryl methyl sites for hydroxylation is 2. The summed E-state index contributed by atoms with van der Waals surface area (Å²) >= 11 is 6.59. The van der Waals surface area contributed by atoms with Gasteiger partial charge in [0.05, 0.1) is 34.9 Å². The van der Waals surface area contributed by atoms with E-state index in [1.54, 1.807) is 0 Å². The van der Waals surface area contributed by atoms with Crippen LogP contribution in [0.15, 0.2) is 36.4 Å². The quantitative estimate of drug-likeness (QED) is 0.418. The van der Waals surface area contributed by atoms with Crippen molar-refractivity contribution in [2.24, 2.45) is 7.05 Å². The minimum Gasteiger partial charge on any atom is -0.466 e. The van der Waals surface area contributed by atoms with E-state index in [0.717, 1.165) is 45.7 Å². The summed E-state index contributed by atoms with van der Waals surface area (Å²) in [6.45, 7) is 8.97. The number of ether oxygens (including phenoxy) is 1. The van der Waals surface area contributed by atoms with Crippen molar-refractivity contribution in [3.63, 3.8) is 0 Å². The van der Waals surface area contributed by atoms with Crippen molar-refractivity contribution < 1.29 is 14.6 Å². The molecule has 7 heteroatoms. The van der Waals surface area contributed by atoms with Crippen molar-refractivity contribution in [3.8, 4) is 0 Å². The highest BCUT2D eigenvalue weighted by molar-refractivity contribution is 6.36. The van der Waals surface area contributed by atoms with Crippen LogP contribution in [0.4, 0.5) is 11.4 Å². The lowest BCUT2D eigenvalue weighted by molar-refractivity contribution is -0.143. The highest BCUT2D eigenvalue weighted by atomic mass is 35.5. The molecular weight excluding hydrogens is 450 g/mol. The molecule has 2 heterocycles. The van der Waals surface area contributed by atoms with E-state index in [2.05, 4.69) is 32.4 Å². The standard InChI is InChI=1S/C27H34ClN3O3/c1-6-10-20(15-24(32)34-7-2)31-23-12-9-8-11-22(23)30(27(31)33)16-19-13-14-21(28)25-17(3)18(4)29(5)26(19)25/h8-9,11-14,20,27,33H,6-7,10,15-16H2,1-5H3. The van der Waals surface area contributed by atoms with E-state index in [9.17, 15) is 9.90 Å². The maximum atomic E-state index is 12.4. The largest absolute Gasteiger partial charge is 0.466 e. The van der Waals surface area contributed by atoms with Gasteiger partial charge in [-0.05, 0) is 56.5 Å². The van der Waals surface area contributed by atoms with Gasteiger partial charge in [-0.3, -0.25) is 4.79 Å². The number of aliphatic hydroxyl groups excluding tert-OH is 1. The average Bonchev–Trinajstić information content (AvgIpc) is 3.22. The second-order valence-corrected chi connectivity index (χ2v) is 9.43. The third-order valence-corrected chi connectivity index (χ3v) is 7.34. The molecule has 0 bridgehead atoms. The number of halogens is 1. The molecule has 3 aromatic rings. The SMILES string of the molecule is CCCC(CC(=O)OCC)N1c2ccccc2N(Cc2ccc(Cl)c3c(C)c(C)n(C)c23)C1O. The Morgan fingerprint density at radius 3 is 2.53 bits per heavy atom. The van der Waals surface area contributed by atoms with Gasteiger partial charge in [-0.15, -0.1) is 0 Å². The molecule has 0 fully saturated rings. The van der Waals surface area contributed by atoms with Crippen molar-refractivity contribution in [1.29, 1.82) is 0 Å². The average molecular weight is 484 g/mol. The van der Waals surface area contributed by atoms with Crippen molar-refractivity contribution in [1.82, 2.24) is 4.57 Å². The summed E-state index contributed by atoms with van der Waals surface area (Å²) in [5.41, 5.74) is 6.40. The number of hydrogen-bond acceptors (Lipinski definition) is 5. The van der Waals surface area contributed by atoms with Gasteiger partial charge < -0.3 is 24.2 Å². The van der Waals surface area contributed by atoms with E-state index in [0.29, 0.717) is 13.2 Å². The van der Waals surface area contributed by atoms with E-state index < -0.39 is 6.35 Å². The van der Waals surface area contributed by atoms with Gasteiger partial charge in [0.2, 0.25) is 6.35 Å². The summed E-state index contributed by atoms with van der Waals surface area (Å²) < 4.78 is 7.41. The number of carbonyl (C=O) groups is 1. The Labute approximate surface area is 206 Å². The van der Waals surface area contributed by atoms with Crippen LogP contribution in [-0.4, -0.2) is 34.6 Å². The van der Waals surface area contributed by atoms with Gasteiger partial charge in [-0.1, -0.05) is 43.1 Å². The first kappa shape index (κ1) is 24.4. The van der Waals surface area contributed by atoms with E-state index in [1.165, 1.54) is 11.3 Å². The second-order valence-electron chi connectivity index (χ2n) is 9.02. The van der Waals surface area contributed by atoms with Gasteiger partial charge >= 0.3 is 5.97 Å². The Balaban J connectivity index is 1.74. The Morgan fingerprint density at radius 1 is 1.15 bits per heavy atom. The predicted molar refractivity (Wildman–Crippen MR) is 138 cm³/mol. The number of nitrogens with zero attached hydrogens (tertiary/aromatic N) is 3. The number of rotatable bonds is 8. The number of aliphatic hydroxyl groups is 1. The molecule has 0 amide bonds. The first-order valence-electron chi connectivity index (χ1n) is 12.0. The summed E-state index contributed by atoms with van der Waals surface area (Å²) in [5.74, 6) is -0.238. The van der Waals surface area contributed by atoms with E-state index >= 15 is 0 Å². The van der Waals surface area contributed by atoms with Crippen molar-refractivity contribution in [3.05, 3.63) is 58.2 Å². The number of anilines is 2. The van der Waals surface area contributed by atoms with Crippen LogP contribution in [0.1, 0.15) is 49.9 Å². The van der Waals surface area contributed by atoms with Crippen LogP contribution < -0.4 is 9.80 Å². The minimum absolute atomic E-state index is 0.157. The molecule has 1 N–H and O–H groups in total. The molecule has 0 radical (unpaired) electrons. The van der Waals surface area contributed by atoms with Gasteiger partial charge in [0, 0.05) is 30.7 Å². The van der Waals surface area contributed by atoms with Gasteiger partial charge in [0.25, 0.3) is 0 Å². The molecule has 1 aromatic heterocycles. The zero-order chi connectivity index (χ0) is 24.6. The van der Waals surface area contributed by atoms with Crippen molar-refractivity contribution >= 4 is 39.8 Å². The summed E-state index contributed by atoms with van der Waals surface area (Å²) in [5, 5.41) is 13.4. The molecule has 182 valence electrons. The molecule has 2 unspecified atom stereocenters. The van der Waals surface area contributed by atoms with Crippen LogP contribution in [0.5, 0.6) is 0 Å². The first-order valence-corrected chi connectivity index (χ1v) is 12.4. The number of benzene rings is 2. The fourth-order valence-corrected chi connectivity index (χ4v) is 5.52. The lowest BCUT2D eigenvalue weighted by Crippen LogP contribution is -2.48. The molecule has 1 aliphatic heterocycles.